The lowest BCUT2D eigenvalue weighted by molar-refractivity contribution is -0.119. The lowest BCUT2D eigenvalue weighted by Crippen LogP contribution is -2.49. The van der Waals surface area contributed by atoms with Crippen LogP contribution in [0.5, 0.6) is 5.75 Å². The van der Waals surface area contributed by atoms with Crippen molar-refractivity contribution in [2.24, 2.45) is 5.92 Å². The maximum absolute atomic E-state index is 12.5. The summed E-state index contributed by atoms with van der Waals surface area (Å²) in [5.74, 6) is 1.41. The van der Waals surface area contributed by atoms with E-state index in [9.17, 15) is 9.59 Å². The second kappa shape index (κ2) is 11.3. The van der Waals surface area contributed by atoms with Crippen molar-refractivity contribution < 1.29 is 19.4 Å². The highest BCUT2D eigenvalue weighted by molar-refractivity contribution is 5.88. The Morgan fingerprint density at radius 2 is 2.24 bits per heavy atom. The zero-order valence-corrected chi connectivity index (χ0v) is 19.4. The van der Waals surface area contributed by atoms with Gasteiger partial charge < -0.3 is 20.5 Å². The van der Waals surface area contributed by atoms with Crippen LogP contribution in [0.3, 0.4) is 0 Å². The summed E-state index contributed by atoms with van der Waals surface area (Å²) >= 11 is 0. The summed E-state index contributed by atoms with van der Waals surface area (Å²) in [5.41, 5.74) is 2.47. The van der Waals surface area contributed by atoms with Gasteiger partial charge in [-0.25, -0.2) is 9.78 Å². The highest BCUT2D eigenvalue weighted by Crippen LogP contribution is 2.26. The third-order valence-electron chi connectivity index (χ3n) is 6.14. The Morgan fingerprint density at radius 1 is 1.35 bits per heavy atom. The molecule has 1 aromatic carbocycles. The van der Waals surface area contributed by atoms with Crippen molar-refractivity contribution in [3.05, 3.63) is 36.2 Å². The van der Waals surface area contributed by atoms with Crippen molar-refractivity contribution in [3.63, 3.8) is 0 Å². The van der Waals surface area contributed by atoms with E-state index in [1.54, 1.807) is 6.20 Å². The van der Waals surface area contributed by atoms with Crippen LogP contribution < -0.4 is 20.7 Å². The summed E-state index contributed by atoms with van der Waals surface area (Å²) in [4.78, 5) is 34.8. The number of rotatable bonds is 8. The van der Waals surface area contributed by atoms with E-state index >= 15 is 0 Å². The van der Waals surface area contributed by atoms with Crippen LogP contribution in [-0.2, 0) is 4.79 Å². The molecule has 1 aromatic heterocycles. The van der Waals surface area contributed by atoms with E-state index in [0.717, 1.165) is 42.8 Å². The summed E-state index contributed by atoms with van der Waals surface area (Å²) in [6.07, 6.45) is 5.56. The van der Waals surface area contributed by atoms with Gasteiger partial charge in [0.2, 0.25) is 5.91 Å². The van der Waals surface area contributed by atoms with Crippen molar-refractivity contribution in [2.45, 2.75) is 32.2 Å². The first kappa shape index (κ1) is 23.9. The molecule has 2 unspecified atom stereocenters. The number of hydrogen-bond acceptors (Lipinski definition) is 7. The van der Waals surface area contributed by atoms with Crippen molar-refractivity contribution in [1.82, 2.24) is 25.5 Å². The Bertz CT molecular complexity index is 1010. The quantitative estimate of drug-likeness (QED) is 0.463. The van der Waals surface area contributed by atoms with Gasteiger partial charge in [0.25, 0.3) is 0 Å². The number of aromatic nitrogens is 2. The van der Waals surface area contributed by atoms with Crippen LogP contribution in [0.1, 0.15) is 24.8 Å². The Hall–Kier alpha value is -3.24. The first-order valence-electron chi connectivity index (χ1n) is 11.7. The molecular weight excluding hydrogens is 436 g/mol. The zero-order chi connectivity index (χ0) is 23.9. The Morgan fingerprint density at radius 3 is 3.00 bits per heavy atom. The fourth-order valence-corrected chi connectivity index (χ4v) is 4.38. The lowest BCUT2D eigenvalue weighted by atomic mass is 10.1. The smallest absolute Gasteiger partial charge is 0.320 e. The molecular formula is C24H32N6O4. The van der Waals surface area contributed by atoms with Gasteiger partial charge in [0.05, 0.1) is 31.3 Å². The van der Waals surface area contributed by atoms with Gasteiger partial charge in [0.15, 0.2) is 5.82 Å². The van der Waals surface area contributed by atoms with Crippen LogP contribution >= 0.6 is 0 Å². The first-order valence-corrected chi connectivity index (χ1v) is 11.7. The van der Waals surface area contributed by atoms with Crippen molar-refractivity contribution in [3.8, 4) is 17.0 Å². The summed E-state index contributed by atoms with van der Waals surface area (Å²) in [7, 11) is 0. The number of carbonyl (C=O) groups excluding carboxylic acids is 2. The molecule has 2 aromatic rings. The molecule has 3 heterocycles. The zero-order valence-electron chi connectivity index (χ0n) is 19.4. The van der Waals surface area contributed by atoms with Gasteiger partial charge in [-0.05, 0) is 50.1 Å². The van der Waals surface area contributed by atoms with Crippen LogP contribution in [0.15, 0.2) is 30.6 Å². The van der Waals surface area contributed by atoms with E-state index in [0.29, 0.717) is 37.6 Å². The van der Waals surface area contributed by atoms with E-state index < -0.39 is 0 Å². The molecule has 3 amide bonds. The molecule has 182 valence electrons. The van der Waals surface area contributed by atoms with Gasteiger partial charge in [-0.2, -0.15) is 0 Å². The Labute approximate surface area is 199 Å². The maximum Gasteiger partial charge on any atom is 0.320 e. The molecule has 2 fully saturated rings. The fourth-order valence-electron chi connectivity index (χ4n) is 4.38. The number of nitrogens with zero attached hydrogens (tertiary/aromatic N) is 3. The van der Waals surface area contributed by atoms with Gasteiger partial charge in [-0.3, -0.25) is 20.0 Å². The third-order valence-corrected chi connectivity index (χ3v) is 6.14. The fraction of sp³-hybridized carbons (Fsp3) is 0.500. The van der Waals surface area contributed by atoms with E-state index in [2.05, 4.69) is 30.8 Å². The number of amides is 3. The molecule has 2 atom stereocenters. The highest BCUT2D eigenvalue weighted by Gasteiger charge is 2.23. The van der Waals surface area contributed by atoms with Crippen LogP contribution in [0.25, 0.3) is 11.3 Å². The predicted molar refractivity (Wildman–Crippen MR) is 128 cm³/mol. The summed E-state index contributed by atoms with van der Waals surface area (Å²) < 4.78 is 5.92. The number of hydrogen-bond donors (Lipinski definition) is 4. The molecule has 0 radical (unpaired) electrons. The molecule has 2 aliphatic rings. The number of nitrogens with one attached hydrogen (secondary N) is 3. The second-order valence-corrected chi connectivity index (χ2v) is 8.92. The maximum atomic E-state index is 12.5. The number of benzene rings is 1. The molecule has 2 saturated heterocycles. The number of ether oxygens (including phenoxy) is 1. The number of aryl methyl sites for hydroxylation is 1. The number of β-amino-alcohol motifs (C(OH)–C–C–N with tert-alkyl or cyclic N) is 1. The molecule has 4 N–H and O–H groups in total. The van der Waals surface area contributed by atoms with Gasteiger partial charge in [-0.15, -0.1) is 0 Å². The van der Waals surface area contributed by atoms with Crippen LogP contribution in [-0.4, -0.2) is 77.3 Å². The first-order chi connectivity index (χ1) is 16.5. The van der Waals surface area contributed by atoms with Gasteiger partial charge in [0, 0.05) is 43.6 Å². The lowest BCUT2D eigenvalue weighted by Gasteiger charge is -2.32. The molecule has 0 spiro atoms. The summed E-state index contributed by atoms with van der Waals surface area (Å²) in [5, 5.41) is 17.7. The van der Waals surface area contributed by atoms with Gasteiger partial charge >= 0.3 is 6.03 Å². The Kier molecular flexibility index (Phi) is 7.91. The topological polar surface area (TPSA) is 129 Å². The third kappa shape index (κ3) is 6.42. The van der Waals surface area contributed by atoms with E-state index in [-0.39, 0.29) is 30.5 Å². The predicted octanol–water partition coefficient (Wildman–Crippen LogP) is 1.55. The largest absolute Gasteiger partial charge is 0.493 e. The number of likely N-dealkylation sites (tertiary alicyclic amines) is 1. The van der Waals surface area contributed by atoms with Crippen LogP contribution in [0.4, 0.5) is 10.6 Å². The molecule has 34 heavy (non-hydrogen) atoms. The number of aliphatic hydroxyl groups is 1. The van der Waals surface area contributed by atoms with E-state index in [4.69, 9.17) is 9.84 Å². The van der Waals surface area contributed by atoms with Crippen molar-refractivity contribution >= 4 is 17.8 Å². The molecule has 0 bridgehead atoms. The van der Waals surface area contributed by atoms with Gasteiger partial charge in [0.1, 0.15) is 5.75 Å². The average Bonchev–Trinajstić information content (AvgIpc) is 3.24. The minimum Gasteiger partial charge on any atom is -0.493 e. The van der Waals surface area contributed by atoms with Crippen LogP contribution in [0.2, 0.25) is 0 Å². The number of carbonyl (C=O) groups is 2. The summed E-state index contributed by atoms with van der Waals surface area (Å²) in [6, 6.07) is 5.49. The van der Waals surface area contributed by atoms with Crippen molar-refractivity contribution in [2.75, 3.05) is 44.7 Å². The SMILES string of the molecule is Cc1cc(-c2cncc(NC(=O)NC3CCCN(CCO)C3)n2)ccc1OCC1CNC(=O)C1. The minimum atomic E-state index is -0.317. The number of aliphatic hydroxyl groups excluding tert-OH is 1. The normalized spacial score (nSPS) is 20.6. The molecule has 10 heteroatoms. The molecule has 0 aliphatic carbocycles. The van der Waals surface area contributed by atoms with Crippen molar-refractivity contribution in [1.29, 1.82) is 0 Å². The molecule has 2 aliphatic heterocycles. The Balaban J connectivity index is 1.34. The second-order valence-electron chi connectivity index (χ2n) is 8.92. The number of urea groups is 1. The standard InChI is InChI=1S/C24H32N6O4/c1-16-9-18(4-5-21(16)34-15-17-10-23(32)26-11-17)20-12-25-13-22(28-20)29-24(33)27-19-3-2-6-30(14-19)7-8-31/h4-5,9,12-13,17,19,31H,2-3,6-8,10-11,14-15H2,1H3,(H,26,32)(H2,27,28,29,33). The molecule has 0 saturated carbocycles. The average molecular weight is 469 g/mol. The molecule has 4 rings (SSSR count). The highest BCUT2D eigenvalue weighted by atomic mass is 16.5. The number of piperidine rings is 1. The van der Waals surface area contributed by atoms with Gasteiger partial charge in [-0.1, -0.05) is 0 Å². The molecule has 10 nitrogen and oxygen atoms in total. The monoisotopic (exact) mass is 468 g/mol. The number of anilines is 1. The van der Waals surface area contributed by atoms with E-state index in [1.807, 2.05) is 25.1 Å². The minimum absolute atomic E-state index is 0.0322. The van der Waals surface area contributed by atoms with Crippen LogP contribution in [0, 0.1) is 12.8 Å². The summed E-state index contributed by atoms with van der Waals surface area (Å²) in [6.45, 7) is 5.51. The van der Waals surface area contributed by atoms with E-state index in [1.165, 1.54) is 6.20 Å².